The highest BCUT2D eigenvalue weighted by Gasteiger charge is 2.19. The molecule has 134 valence electrons. The lowest BCUT2D eigenvalue weighted by molar-refractivity contribution is 0.411. The number of H-pyrrole nitrogens is 1. The van der Waals surface area contributed by atoms with Gasteiger partial charge in [0.25, 0.3) is 5.56 Å². The number of aromatic amines is 1. The number of halogens is 1. The van der Waals surface area contributed by atoms with E-state index < -0.39 is 11.2 Å². The highest BCUT2D eigenvalue weighted by Crippen LogP contribution is 2.29. The SMILES string of the molecule is C/C=C\Cn1c(Oc2cc(C)cc(CI)c2)c(C(C)C)c(=O)[nH]c1=O. The molecule has 2 aromatic rings. The summed E-state index contributed by atoms with van der Waals surface area (Å²) in [6.07, 6.45) is 3.71. The largest absolute Gasteiger partial charge is 0.440 e. The van der Waals surface area contributed by atoms with Gasteiger partial charge in [0.05, 0.1) is 5.56 Å². The van der Waals surface area contributed by atoms with E-state index in [1.165, 1.54) is 4.57 Å². The lowest BCUT2D eigenvalue weighted by Gasteiger charge is -2.18. The fourth-order valence-electron chi connectivity index (χ4n) is 2.63. The van der Waals surface area contributed by atoms with E-state index >= 15 is 0 Å². The molecule has 0 spiro atoms. The number of benzene rings is 1. The molecule has 1 heterocycles. The van der Waals surface area contributed by atoms with Crippen molar-refractivity contribution in [3.8, 4) is 11.6 Å². The van der Waals surface area contributed by atoms with E-state index in [4.69, 9.17) is 4.74 Å². The van der Waals surface area contributed by atoms with E-state index in [2.05, 4.69) is 33.6 Å². The van der Waals surface area contributed by atoms with Gasteiger partial charge in [0, 0.05) is 11.0 Å². The number of nitrogens with zero attached hydrogens (tertiary/aromatic N) is 1. The molecule has 1 N–H and O–H groups in total. The van der Waals surface area contributed by atoms with Crippen LogP contribution < -0.4 is 16.0 Å². The second-order valence-electron chi connectivity index (χ2n) is 6.20. The normalized spacial score (nSPS) is 11.4. The number of allylic oxidation sites excluding steroid dienone is 2. The van der Waals surface area contributed by atoms with Crippen molar-refractivity contribution in [3.63, 3.8) is 0 Å². The third kappa shape index (κ3) is 4.62. The maximum Gasteiger partial charge on any atom is 0.331 e. The molecular weight excluding hydrogens is 431 g/mol. The summed E-state index contributed by atoms with van der Waals surface area (Å²) in [6, 6.07) is 5.94. The van der Waals surface area contributed by atoms with Crippen LogP contribution in [0.3, 0.4) is 0 Å². The van der Waals surface area contributed by atoms with E-state index in [-0.39, 0.29) is 5.92 Å². The standard InChI is InChI=1S/C19H23IN2O3/c1-5-6-7-22-18(16(12(2)3)17(23)21-19(22)24)25-15-9-13(4)8-14(10-15)11-20/h5-6,8-10,12H,7,11H2,1-4H3,(H,21,23,24)/b6-5-. The zero-order valence-corrected chi connectivity index (χ0v) is 17.1. The van der Waals surface area contributed by atoms with Gasteiger partial charge in [0.2, 0.25) is 5.88 Å². The van der Waals surface area contributed by atoms with E-state index in [1.807, 2.05) is 52.0 Å². The number of rotatable bonds is 6. The van der Waals surface area contributed by atoms with Gasteiger partial charge in [-0.25, -0.2) is 4.79 Å². The van der Waals surface area contributed by atoms with Crippen LogP contribution in [0.15, 0.2) is 39.9 Å². The summed E-state index contributed by atoms with van der Waals surface area (Å²) < 4.78 is 8.41. The Morgan fingerprint density at radius 3 is 2.60 bits per heavy atom. The minimum atomic E-state index is -0.468. The van der Waals surface area contributed by atoms with Crippen LogP contribution in [0.25, 0.3) is 0 Å². The maximum atomic E-state index is 12.3. The van der Waals surface area contributed by atoms with Gasteiger partial charge in [-0.2, -0.15) is 0 Å². The summed E-state index contributed by atoms with van der Waals surface area (Å²) in [5.41, 5.74) is 1.82. The monoisotopic (exact) mass is 454 g/mol. The van der Waals surface area contributed by atoms with E-state index in [9.17, 15) is 9.59 Å². The first-order valence-corrected chi connectivity index (χ1v) is 9.72. The third-order valence-corrected chi connectivity index (χ3v) is 4.65. The Morgan fingerprint density at radius 1 is 1.28 bits per heavy atom. The summed E-state index contributed by atoms with van der Waals surface area (Å²) in [4.78, 5) is 27.0. The molecule has 0 saturated carbocycles. The Labute approximate surface area is 160 Å². The van der Waals surface area contributed by atoms with Crippen molar-refractivity contribution in [2.75, 3.05) is 0 Å². The lowest BCUT2D eigenvalue weighted by Crippen LogP contribution is -2.33. The zero-order valence-electron chi connectivity index (χ0n) is 14.9. The Hall–Kier alpha value is -1.83. The highest BCUT2D eigenvalue weighted by atomic mass is 127. The molecule has 0 fully saturated rings. The van der Waals surface area contributed by atoms with Gasteiger partial charge in [-0.05, 0) is 43.0 Å². The average molecular weight is 454 g/mol. The smallest absolute Gasteiger partial charge is 0.331 e. The molecule has 0 unspecified atom stereocenters. The molecule has 25 heavy (non-hydrogen) atoms. The average Bonchev–Trinajstić information content (AvgIpc) is 2.53. The second kappa shape index (κ2) is 8.51. The molecule has 2 rings (SSSR count). The Balaban J connectivity index is 2.66. The van der Waals surface area contributed by atoms with Crippen molar-refractivity contribution in [1.82, 2.24) is 9.55 Å². The molecule has 0 amide bonds. The van der Waals surface area contributed by atoms with Gasteiger partial charge in [-0.3, -0.25) is 14.3 Å². The molecule has 0 bridgehead atoms. The van der Waals surface area contributed by atoms with Gasteiger partial charge in [0.1, 0.15) is 5.75 Å². The number of aromatic nitrogens is 2. The Bertz CT molecular complexity index is 895. The predicted molar refractivity (Wildman–Crippen MR) is 109 cm³/mol. The first kappa shape index (κ1) is 19.5. The number of ether oxygens (including phenoxy) is 1. The fourth-order valence-corrected chi connectivity index (χ4v) is 3.08. The molecular formula is C19H23IN2O3. The molecule has 1 aromatic carbocycles. The van der Waals surface area contributed by atoms with Crippen LogP contribution in [0.1, 0.15) is 43.4 Å². The predicted octanol–water partition coefficient (Wildman–Crippen LogP) is 4.27. The zero-order chi connectivity index (χ0) is 18.6. The van der Waals surface area contributed by atoms with Crippen LogP contribution in [0, 0.1) is 6.92 Å². The second-order valence-corrected chi connectivity index (χ2v) is 6.97. The molecule has 0 aliphatic rings. The summed E-state index contributed by atoms with van der Waals surface area (Å²) in [5.74, 6) is 0.865. The van der Waals surface area contributed by atoms with Gasteiger partial charge in [0.15, 0.2) is 0 Å². The van der Waals surface area contributed by atoms with Crippen molar-refractivity contribution in [2.45, 2.75) is 44.6 Å². The van der Waals surface area contributed by atoms with Gasteiger partial charge in [-0.1, -0.05) is 54.7 Å². The number of hydrogen-bond acceptors (Lipinski definition) is 3. The number of aryl methyl sites for hydroxylation is 1. The van der Waals surface area contributed by atoms with Gasteiger partial charge in [-0.15, -0.1) is 0 Å². The first-order chi connectivity index (χ1) is 11.9. The lowest BCUT2D eigenvalue weighted by atomic mass is 10.1. The molecule has 0 saturated heterocycles. The van der Waals surface area contributed by atoms with Crippen LogP contribution in [-0.4, -0.2) is 9.55 Å². The highest BCUT2D eigenvalue weighted by molar-refractivity contribution is 14.1. The summed E-state index contributed by atoms with van der Waals surface area (Å²) in [6.45, 7) is 8.04. The minimum Gasteiger partial charge on any atom is -0.440 e. The molecule has 0 radical (unpaired) electrons. The maximum absolute atomic E-state index is 12.3. The van der Waals surface area contributed by atoms with Gasteiger partial charge >= 0.3 is 5.69 Å². The van der Waals surface area contributed by atoms with Crippen molar-refractivity contribution >= 4 is 22.6 Å². The van der Waals surface area contributed by atoms with Crippen molar-refractivity contribution in [2.24, 2.45) is 0 Å². The van der Waals surface area contributed by atoms with Crippen LogP contribution in [-0.2, 0) is 11.0 Å². The molecule has 6 heteroatoms. The fraction of sp³-hybridized carbons (Fsp3) is 0.368. The molecule has 1 aromatic heterocycles. The van der Waals surface area contributed by atoms with Crippen molar-refractivity contribution < 1.29 is 4.74 Å². The van der Waals surface area contributed by atoms with Crippen LogP contribution >= 0.6 is 22.6 Å². The quantitative estimate of drug-likeness (QED) is 0.403. The Morgan fingerprint density at radius 2 is 2.00 bits per heavy atom. The molecule has 0 aliphatic heterocycles. The molecule has 5 nitrogen and oxygen atoms in total. The first-order valence-electron chi connectivity index (χ1n) is 8.20. The summed E-state index contributed by atoms with van der Waals surface area (Å²) in [7, 11) is 0. The van der Waals surface area contributed by atoms with Crippen LogP contribution in [0.2, 0.25) is 0 Å². The third-order valence-electron chi connectivity index (χ3n) is 3.77. The Kier molecular flexibility index (Phi) is 6.64. The molecule has 0 atom stereocenters. The summed E-state index contributed by atoms with van der Waals surface area (Å²) >= 11 is 2.30. The van der Waals surface area contributed by atoms with Crippen LogP contribution in [0.5, 0.6) is 11.6 Å². The number of hydrogen-bond donors (Lipinski definition) is 1. The number of alkyl halides is 1. The topological polar surface area (TPSA) is 64.1 Å². The van der Waals surface area contributed by atoms with E-state index in [0.29, 0.717) is 23.7 Å². The van der Waals surface area contributed by atoms with E-state index in [1.54, 1.807) is 0 Å². The van der Waals surface area contributed by atoms with Crippen molar-refractivity contribution in [3.05, 3.63) is 67.9 Å². The van der Waals surface area contributed by atoms with Crippen molar-refractivity contribution in [1.29, 1.82) is 0 Å². The summed E-state index contributed by atoms with van der Waals surface area (Å²) in [5, 5.41) is 0. The van der Waals surface area contributed by atoms with Gasteiger partial charge < -0.3 is 4.74 Å². The minimum absolute atomic E-state index is 0.0786. The van der Waals surface area contributed by atoms with Crippen LogP contribution in [0.4, 0.5) is 0 Å². The number of nitrogens with one attached hydrogen (secondary N) is 1. The van der Waals surface area contributed by atoms with E-state index in [0.717, 1.165) is 15.6 Å². The molecule has 0 aliphatic carbocycles.